The lowest BCUT2D eigenvalue weighted by atomic mass is 10.4. The predicted molar refractivity (Wildman–Crippen MR) is 62.9 cm³/mol. The van der Waals surface area contributed by atoms with Crippen LogP contribution in [-0.4, -0.2) is 22.8 Å². The molecule has 2 rings (SSSR count). The van der Waals surface area contributed by atoms with Gasteiger partial charge in [0.25, 0.3) is 0 Å². The number of hydrogen-bond donors (Lipinski definition) is 0. The van der Waals surface area contributed by atoms with Gasteiger partial charge in [-0.1, -0.05) is 11.6 Å². The van der Waals surface area contributed by atoms with E-state index in [0.717, 1.165) is 4.88 Å². The first-order chi connectivity index (χ1) is 8.35. The predicted octanol–water partition coefficient (Wildman–Crippen LogP) is 3.73. The molecule has 18 heavy (non-hydrogen) atoms. The van der Waals surface area contributed by atoms with Gasteiger partial charge in [-0.05, 0) is 13.0 Å². The number of halogens is 4. The first kappa shape index (κ1) is 13.5. The van der Waals surface area contributed by atoms with Gasteiger partial charge >= 0.3 is 6.18 Å². The Morgan fingerprint density at radius 2 is 2.11 bits per heavy atom. The lowest BCUT2D eigenvalue weighted by Crippen LogP contribution is -2.17. The molecule has 0 unspecified atom stereocenters. The molecule has 0 bridgehead atoms. The molecular weight excluding hydrogens is 289 g/mol. The van der Waals surface area contributed by atoms with Gasteiger partial charge in [0.15, 0.2) is 5.82 Å². The summed E-state index contributed by atoms with van der Waals surface area (Å²) in [5.41, 5.74) is 0. The monoisotopic (exact) mass is 296 g/mol. The highest BCUT2D eigenvalue weighted by Crippen LogP contribution is 2.28. The number of aryl methyl sites for hydroxylation is 1. The summed E-state index contributed by atoms with van der Waals surface area (Å²) < 4.78 is 40.2. The molecule has 3 nitrogen and oxygen atoms in total. The minimum Gasteiger partial charge on any atom is -0.364 e. The van der Waals surface area contributed by atoms with Crippen LogP contribution < -0.4 is 0 Å². The average Bonchev–Trinajstić information content (AvgIpc) is 2.57. The third kappa shape index (κ3) is 3.30. The molecule has 2 heterocycles. The van der Waals surface area contributed by atoms with Crippen LogP contribution in [0.2, 0.25) is 5.15 Å². The Morgan fingerprint density at radius 3 is 2.78 bits per heavy atom. The Kier molecular flexibility index (Phi) is 3.74. The fraction of sp³-hybridized carbons (Fsp3) is 0.400. The standard InChI is InChI=1S/C10H8ClF3N2OS/c1-5-2-6-8(11)15-7(16-9(6)18-5)3-17-4-10(12,13)14/h2H,3-4H2,1H3. The third-order valence-electron chi connectivity index (χ3n) is 2.01. The topological polar surface area (TPSA) is 35.0 Å². The molecule has 0 spiro atoms. The Balaban J connectivity index is 2.14. The van der Waals surface area contributed by atoms with Crippen LogP contribution in [0.15, 0.2) is 6.07 Å². The molecule has 0 radical (unpaired) electrons. The quantitative estimate of drug-likeness (QED) is 0.810. The molecule has 0 fully saturated rings. The summed E-state index contributed by atoms with van der Waals surface area (Å²) in [4.78, 5) is 9.67. The zero-order valence-corrected chi connectivity index (χ0v) is 10.8. The van der Waals surface area contributed by atoms with Crippen LogP contribution in [0.1, 0.15) is 10.7 Å². The summed E-state index contributed by atoms with van der Waals surface area (Å²) in [7, 11) is 0. The van der Waals surface area contributed by atoms with Gasteiger partial charge in [0.05, 0.1) is 0 Å². The Labute approximate surface area is 110 Å². The van der Waals surface area contributed by atoms with E-state index in [9.17, 15) is 13.2 Å². The zero-order valence-electron chi connectivity index (χ0n) is 9.21. The summed E-state index contributed by atoms with van der Waals surface area (Å²) in [6.07, 6.45) is -4.35. The van der Waals surface area contributed by atoms with Crippen LogP contribution in [0.5, 0.6) is 0 Å². The molecule has 0 aliphatic rings. The first-order valence-electron chi connectivity index (χ1n) is 4.92. The first-order valence-corrected chi connectivity index (χ1v) is 6.11. The molecule has 0 aliphatic heterocycles. The summed E-state index contributed by atoms with van der Waals surface area (Å²) >= 11 is 7.33. The highest BCUT2D eigenvalue weighted by molar-refractivity contribution is 7.18. The van der Waals surface area contributed by atoms with Gasteiger partial charge in [-0.2, -0.15) is 13.2 Å². The third-order valence-corrected chi connectivity index (χ3v) is 3.25. The molecule has 0 atom stereocenters. The molecule has 0 aliphatic carbocycles. The molecule has 0 saturated heterocycles. The summed E-state index contributed by atoms with van der Waals surface area (Å²) in [6.45, 7) is 0.254. The zero-order chi connectivity index (χ0) is 13.3. The van der Waals surface area contributed by atoms with Gasteiger partial charge in [0.2, 0.25) is 0 Å². The molecule has 0 N–H and O–H groups in total. The minimum atomic E-state index is -4.35. The number of hydrogen-bond acceptors (Lipinski definition) is 4. The van der Waals surface area contributed by atoms with Crippen LogP contribution in [-0.2, 0) is 11.3 Å². The van der Waals surface area contributed by atoms with Crippen LogP contribution in [0, 0.1) is 6.92 Å². The van der Waals surface area contributed by atoms with E-state index in [2.05, 4.69) is 14.7 Å². The molecule has 98 valence electrons. The Bertz CT molecular complexity index is 570. The van der Waals surface area contributed by atoms with E-state index in [1.54, 1.807) is 0 Å². The van der Waals surface area contributed by atoms with E-state index < -0.39 is 12.8 Å². The number of aromatic nitrogens is 2. The number of thiophene rings is 1. The van der Waals surface area contributed by atoms with Crippen molar-refractivity contribution >= 4 is 33.2 Å². The van der Waals surface area contributed by atoms with Crippen molar-refractivity contribution in [2.75, 3.05) is 6.61 Å². The molecule has 2 aromatic rings. The van der Waals surface area contributed by atoms with Crippen molar-refractivity contribution in [1.82, 2.24) is 9.97 Å². The van der Waals surface area contributed by atoms with Gasteiger partial charge < -0.3 is 4.74 Å². The number of rotatable bonds is 3. The lowest BCUT2D eigenvalue weighted by molar-refractivity contribution is -0.177. The maximum absolute atomic E-state index is 11.9. The average molecular weight is 297 g/mol. The van der Waals surface area contributed by atoms with Crippen LogP contribution in [0.25, 0.3) is 10.2 Å². The second kappa shape index (κ2) is 4.99. The van der Waals surface area contributed by atoms with E-state index in [-0.39, 0.29) is 17.6 Å². The van der Waals surface area contributed by atoms with Crippen molar-refractivity contribution in [3.63, 3.8) is 0 Å². The molecule has 0 saturated carbocycles. The minimum absolute atomic E-state index is 0.151. The van der Waals surface area contributed by atoms with Gasteiger partial charge in [-0.25, -0.2) is 9.97 Å². The van der Waals surface area contributed by atoms with Crippen molar-refractivity contribution in [3.05, 3.63) is 21.9 Å². The van der Waals surface area contributed by atoms with Crippen LogP contribution in [0.3, 0.4) is 0 Å². The van der Waals surface area contributed by atoms with Crippen molar-refractivity contribution in [3.8, 4) is 0 Å². The van der Waals surface area contributed by atoms with Crippen molar-refractivity contribution in [2.24, 2.45) is 0 Å². The number of fused-ring (bicyclic) bond motifs is 1. The Hall–Kier alpha value is -0.920. The molecular formula is C10H8ClF3N2OS. The number of alkyl halides is 3. The molecule has 8 heteroatoms. The number of ether oxygens (including phenoxy) is 1. The normalized spacial score (nSPS) is 12.3. The SMILES string of the molecule is Cc1cc2c(Cl)nc(COCC(F)(F)F)nc2s1. The van der Waals surface area contributed by atoms with Gasteiger partial charge in [0, 0.05) is 10.3 Å². The molecule has 0 amide bonds. The Morgan fingerprint density at radius 1 is 1.39 bits per heavy atom. The van der Waals surface area contributed by atoms with E-state index in [0.29, 0.717) is 10.2 Å². The summed E-state index contributed by atoms with van der Waals surface area (Å²) in [5.74, 6) is 0.151. The second-order valence-corrected chi connectivity index (χ2v) is 5.21. The fourth-order valence-electron chi connectivity index (χ4n) is 1.37. The highest BCUT2D eigenvalue weighted by Gasteiger charge is 2.27. The van der Waals surface area contributed by atoms with Crippen molar-refractivity contribution in [2.45, 2.75) is 19.7 Å². The maximum atomic E-state index is 11.9. The van der Waals surface area contributed by atoms with E-state index >= 15 is 0 Å². The van der Waals surface area contributed by atoms with Gasteiger partial charge in [-0.3, -0.25) is 0 Å². The summed E-state index contributed by atoms with van der Waals surface area (Å²) in [6, 6.07) is 1.84. The highest BCUT2D eigenvalue weighted by atomic mass is 35.5. The lowest BCUT2D eigenvalue weighted by Gasteiger charge is -2.06. The van der Waals surface area contributed by atoms with E-state index in [1.165, 1.54) is 11.3 Å². The second-order valence-electron chi connectivity index (χ2n) is 3.61. The largest absolute Gasteiger partial charge is 0.411 e. The van der Waals surface area contributed by atoms with Crippen molar-refractivity contribution < 1.29 is 17.9 Å². The van der Waals surface area contributed by atoms with E-state index in [1.807, 2.05) is 13.0 Å². The molecule has 0 aromatic carbocycles. The van der Waals surface area contributed by atoms with Crippen LogP contribution in [0.4, 0.5) is 13.2 Å². The van der Waals surface area contributed by atoms with Crippen LogP contribution >= 0.6 is 22.9 Å². The van der Waals surface area contributed by atoms with E-state index in [4.69, 9.17) is 11.6 Å². The smallest absolute Gasteiger partial charge is 0.364 e. The number of nitrogens with zero attached hydrogens (tertiary/aromatic N) is 2. The van der Waals surface area contributed by atoms with Gasteiger partial charge in [0.1, 0.15) is 23.2 Å². The van der Waals surface area contributed by atoms with Crippen molar-refractivity contribution in [1.29, 1.82) is 0 Å². The molecule has 2 aromatic heterocycles. The fourth-order valence-corrected chi connectivity index (χ4v) is 2.57. The maximum Gasteiger partial charge on any atom is 0.411 e. The van der Waals surface area contributed by atoms with Gasteiger partial charge in [-0.15, -0.1) is 11.3 Å². The summed E-state index contributed by atoms with van der Waals surface area (Å²) in [5, 5.41) is 0.939.